The molecule has 1 aliphatic rings. The highest BCUT2D eigenvalue weighted by Crippen LogP contribution is 2.25. The number of hydrogen-bond donors (Lipinski definition) is 1. The fourth-order valence-electron chi connectivity index (χ4n) is 3.35. The monoisotopic (exact) mass is 426 g/mol. The average molecular weight is 427 g/mol. The highest BCUT2D eigenvalue weighted by atomic mass is 32.2. The van der Waals surface area contributed by atoms with E-state index in [1.165, 1.54) is 4.31 Å². The first-order chi connectivity index (χ1) is 14.3. The molecule has 0 atom stereocenters. The Morgan fingerprint density at radius 1 is 1.07 bits per heavy atom. The first kappa shape index (κ1) is 21.9. The summed E-state index contributed by atoms with van der Waals surface area (Å²) in [6, 6.07) is 13.5. The highest BCUT2D eigenvalue weighted by molar-refractivity contribution is 7.89. The molecule has 0 radical (unpaired) electrons. The van der Waals surface area contributed by atoms with Crippen LogP contribution in [0.25, 0.3) is 0 Å². The lowest BCUT2D eigenvalue weighted by Crippen LogP contribution is -2.37. The van der Waals surface area contributed by atoms with Crippen molar-refractivity contribution in [2.75, 3.05) is 18.4 Å². The topological polar surface area (TPSA) is 83.6 Å². The Morgan fingerprint density at radius 2 is 1.77 bits per heavy atom. The van der Waals surface area contributed by atoms with Gasteiger partial charge >= 0.3 is 0 Å². The van der Waals surface area contributed by atoms with E-state index in [4.69, 9.17) is 0 Å². The standard InChI is InChI=1S/C23H26N2O4S/c1-3-7-22(26)24-21-10-5-4-9-20(21)23(27)18-8-6-15-25(16-18)30(28,29)19-13-11-17(2)12-14-19/h4-5,8-14H,3,6-7,15-16H2,1-2H3,(H,24,26). The fourth-order valence-corrected chi connectivity index (χ4v) is 4.78. The molecule has 2 aromatic rings. The van der Waals surface area contributed by atoms with E-state index in [1.54, 1.807) is 54.6 Å². The number of Topliss-reactive ketones (excluding diaryl/α,β-unsaturated/α-hetero) is 1. The van der Waals surface area contributed by atoms with Crippen LogP contribution in [0.5, 0.6) is 0 Å². The average Bonchev–Trinajstić information content (AvgIpc) is 2.74. The van der Waals surface area contributed by atoms with Crippen molar-refractivity contribution in [2.24, 2.45) is 0 Å². The number of ketones is 1. The van der Waals surface area contributed by atoms with E-state index in [1.807, 2.05) is 13.8 Å². The summed E-state index contributed by atoms with van der Waals surface area (Å²) >= 11 is 0. The Hall–Kier alpha value is -2.77. The van der Waals surface area contributed by atoms with Gasteiger partial charge in [0.25, 0.3) is 0 Å². The summed E-state index contributed by atoms with van der Waals surface area (Å²) in [7, 11) is -3.69. The zero-order valence-electron chi connectivity index (χ0n) is 17.2. The van der Waals surface area contributed by atoms with E-state index < -0.39 is 10.0 Å². The van der Waals surface area contributed by atoms with Crippen molar-refractivity contribution in [3.63, 3.8) is 0 Å². The largest absolute Gasteiger partial charge is 0.325 e. The van der Waals surface area contributed by atoms with E-state index >= 15 is 0 Å². The predicted molar refractivity (Wildman–Crippen MR) is 117 cm³/mol. The summed E-state index contributed by atoms with van der Waals surface area (Å²) in [5.41, 5.74) is 2.20. The van der Waals surface area contributed by atoms with Crippen molar-refractivity contribution in [1.29, 1.82) is 0 Å². The van der Waals surface area contributed by atoms with Gasteiger partial charge in [0.1, 0.15) is 0 Å². The summed E-state index contributed by atoms with van der Waals surface area (Å²) < 4.78 is 27.4. The predicted octanol–water partition coefficient (Wildman–Crippen LogP) is 3.94. The molecular formula is C23H26N2O4S. The van der Waals surface area contributed by atoms with Gasteiger partial charge in [-0.05, 0) is 44.0 Å². The Kier molecular flexibility index (Phi) is 6.84. The molecule has 7 heteroatoms. The van der Waals surface area contributed by atoms with E-state index in [0.717, 1.165) is 5.56 Å². The molecule has 1 heterocycles. The molecule has 3 rings (SSSR count). The second-order valence-electron chi connectivity index (χ2n) is 7.34. The van der Waals surface area contributed by atoms with Crippen LogP contribution < -0.4 is 5.32 Å². The van der Waals surface area contributed by atoms with Gasteiger partial charge in [0.05, 0.1) is 10.6 Å². The van der Waals surface area contributed by atoms with Gasteiger partial charge in [-0.3, -0.25) is 9.59 Å². The van der Waals surface area contributed by atoms with Gasteiger partial charge in [0.15, 0.2) is 5.78 Å². The first-order valence-electron chi connectivity index (χ1n) is 10.0. The van der Waals surface area contributed by atoms with Crippen molar-refractivity contribution in [1.82, 2.24) is 4.31 Å². The van der Waals surface area contributed by atoms with Gasteiger partial charge in [-0.2, -0.15) is 4.31 Å². The smallest absolute Gasteiger partial charge is 0.243 e. The maximum atomic E-state index is 13.2. The number of aryl methyl sites for hydroxylation is 1. The number of nitrogens with zero attached hydrogens (tertiary/aromatic N) is 1. The lowest BCUT2D eigenvalue weighted by molar-refractivity contribution is -0.116. The third-order valence-electron chi connectivity index (χ3n) is 4.99. The van der Waals surface area contributed by atoms with Crippen molar-refractivity contribution >= 4 is 27.4 Å². The fraction of sp³-hybridized carbons (Fsp3) is 0.304. The second-order valence-corrected chi connectivity index (χ2v) is 9.28. The number of anilines is 1. The van der Waals surface area contributed by atoms with E-state index in [-0.39, 0.29) is 23.1 Å². The molecule has 0 unspecified atom stereocenters. The highest BCUT2D eigenvalue weighted by Gasteiger charge is 2.30. The second kappa shape index (κ2) is 9.36. The minimum atomic E-state index is -3.69. The molecule has 1 N–H and O–H groups in total. The van der Waals surface area contributed by atoms with Crippen LogP contribution in [-0.4, -0.2) is 37.5 Å². The van der Waals surface area contributed by atoms with Crippen LogP contribution in [0.2, 0.25) is 0 Å². The number of hydrogen-bond acceptors (Lipinski definition) is 4. The molecule has 158 valence electrons. The molecule has 0 saturated carbocycles. The van der Waals surface area contributed by atoms with Gasteiger partial charge in [0, 0.05) is 30.6 Å². The number of carbonyl (C=O) groups excluding carboxylic acids is 2. The quantitative estimate of drug-likeness (QED) is 0.680. The molecule has 6 nitrogen and oxygen atoms in total. The van der Waals surface area contributed by atoms with Gasteiger partial charge in [-0.25, -0.2) is 8.42 Å². The molecule has 2 aromatic carbocycles. The van der Waals surface area contributed by atoms with Crippen molar-refractivity contribution in [2.45, 2.75) is 38.0 Å². The van der Waals surface area contributed by atoms with Crippen LogP contribution >= 0.6 is 0 Å². The first-order valence-corrected chi connectivity index (χ1v) is 11.5. The van der Waals surface area contributed by atoms with Crippen LogP contribution in [0.1, 0.15) is 42.1 Å². The normalized spacial score (nSPS) is 14.8. The van der Waals surface area contributed by atoms with E-state index in [2.05, 4.69) is 5.32 Å². The van der Waals surface area contributed by atoms with Gasteiger partial charge < -0.3 is 5.32 Å². The van der Waals surface area contributed by atoms with Crippen molar-refractivity contribution in [3.05, 3.63) is 71.3 Å². The maximum Gasteiger partial charge on any atom is 0.243 e. The number of para-hydroxylation sites is 1. The molecule has 0 fully saturated rings. The van der Waals surface area contributed by atoms with Gasteiger partial charge in [0.2, 0.25) is 15.9 Å². The van der Waals surface area contributed by atoms with Crippen LogP contribution in [0.15, 0.2) is 65.1 Å². The summed E-state index contributed by atoms with van der Waals surface area (Å²) in [4.78, 5) is 25.4. The number of sulfonamides is 1. The number of rotatable bonds is 7. The number of amides is 1. The van der Waals surface area contributed by atoms with Crippen LogP contribution in [0.4, 0.5) is 5.69 Å². The van der Waals surface area contributed by atoms with E-state index in [0.29, 0.717) is 42.6 Å². The van der Waals surface area contributed by atoms with Gasteiger partial charge in [-0.1, -0.05) is 42.8 Å². The van der Waals surface area contributed by atoms with Crippen molar-refractivity contribution in [3.8, 4) is 0 Å². The lowest BCUT2D eigenvalue weighted by Gasteiger charge is -2.26. The number of benzene rings is 2. The SMILES string of the molecule is CCCC(=O)Nc1ccccc1C(=O)C1=CCCN(S(=O)(=O)c2ccc(C)cc2)C1. The minimum Gasteiger partial charge on any atom is -0.325 e. The molecule has 0 saturated heterocycles. The third kappa shape index (κ3) is 4.86. The molecule has 0 bridgehead atoms. The molecule has 0 spiro atoms. The third-order valence-corrected chi connectivity index (χ3v) is 6.85. The summed E-state index contributed by atoms with van der Waals surface area (Å²) in [5, 5.41) is 2.79. The zero-order valence-corrected chi connectivity index (χ0v) is 18.0. The van der Waals surface area contributed by atoms with Crippen LogP contribution in [0.3, 0.4) is 0 Å². The van der Waals surface area contributed by atoms with Crippen LogP contribution in [-0.2, 0) is 14.8 Å². The Balaban J connectivity index is 1.82. The lowest BCUT2D eigenvalue weighted by atomic mass is 9.99. The van der Waals surface area contributed by atoms with Crippen LogP contribution in [0, 0.1) is 6.92 Å². The van der Waals surface area contributed by atoms with Crippen molar-refractivity contribution < 1.29 is 18.0 Å². The number of carbonyl (C=O) groups is 2. The molecular weight excluding hydrogens is 400 g/mol. The maximum absolute atomic E-state index is 13.2. The summed E-state index contributed by atoms with van der Waals surface area (Å²) in [5.74, 6) is -0.426. The Bertz CT molecular complexity index is 1070. The summed E-state index contributed by atoms with van der Waals surface area (Å²) in [6.45, 7) is 4.13. The number of nitrogens with one attached hydrogen (secondary N) is 1. The molecule has 1 aliphatic heterocycles. The molecule has 30 heavy (non-hydrogen) atoms. The minimum absolute atomic E-state index is 0.00623. The Labute approximate surface area is 177 Å². The molecule has 1 amide bonds. The zero-order chi connectivity index (χ0) is 21.7. The summed E-state index contributed by atoms with van der Waals surface area (Å²) in [6.07, 6.45) is 3.32. The molecule has 0 aliphatic carbocycles. The molecule has 0 aromatic heterocycles. The Morgan fingerprint density at radius 3 is 2.47 bits per heavy atom. The van der Waals surface area contributed by atoms with Gasteiger partial charge in [-0.15, -0.1) is 0 Å². The van der Waals surface area contributed by atoms with E-state index in [9.17, 15) is 18.0 Å².